The van der Waals surface area contributed by atoms with Crippen LogP contribution in [0.3, 0.4) is 0 Å². The fraction of sp³-hybridized carbons (Fsp3) is 0.533. The van der Waals surface area contributed by atoms with Gasteiger partial charge in [0.15, 0.2) is 5.78 Å². The molecule has 0 amide bonds. The Bertz CT molecular complexity index is 481. The molecule has 1 aliphatic rings. The van der Waals surface area contributed by atoms with E-state index < -0.39 is 5.54 Å². The van der Waals surface area contributed by atoms with Gasteiger partial charge < -0.3 is 11.5 Å². The number of hydrogen-bond acceptors (Lipinski definition) is 4. The monoisotopic (exact) mass is 295 g/mol. The molecular weight excluding hydrogens is 274 g/mol. The van der Waals surface area contributed by atoms with Crippen LogP contribution < -0.4 is 11.5 Å². The molecule has 0 bridgehead atoms. The molecule has 0 saturated carbocycles. The van der Waals surface area contributed by atoms with Crippen LogP contribution in [0.25, 0.3) is 0 Å². The molecule has 0 spiro atoms. The quantitative estimate of drug-likeness (QED) is 0.888. The molecular formula is C15H22ClN3O. The molecule has 20 heavy (non-hydrogen) atoms. The van der Waals surface area contributed by atoms with Crippen LogP contribution >= 0.6 is 11.6 Å². The second-order valence-electron chi connectivity index (χ2n) is 6.07. The largest absolute Gasteiger partial charge is 0.319 e. The van der Waals surface area contributed by atoms with E-state index in [-0.39, 0.29) is 17.9 Å². The predicted molar refractivity (Wildman–Crippen MR) is 81.2 cm³/mol. The number of rotatable bonds is 4. The number of Topliss-reactive ketones (excluding diaryl/α,β-unsaturated/α-hetero) is 1. The Hall–Kier alpha value is -0.940. The first-order chi connectivity index (χ1) is 9.29. The summed E-state index contributed by atoms with van der Waals surface area (Å²) in [5.41, 5.74) is 12.4. The van der Waals surface area contributed by atoms with E-state index >= 15 is 0 Å². The van der Waals surface area contributed by atoms with Crippen LogP contribution in [0.15, 0.2) is 24.3 Å². The molecule has 1 unspecified atom stereocenters. The second-order valence-corrected chi connectivity index (χ2v) is 6.51. The number of carbonyl (C=O) groups excluding carboxylic acids is 1. The molecule has 2 atom stereocenters. The number of halogens is 1. The van der Waals surface area contributed by atoms with Crippen LogP contribution in [-0.2, 0) is 11.3 Å². The Morgan fingerprint density at radius 2 is 2.00 bits per heavy atom. The average molecular weight is 296 g/mol. The summed E-state index contributed by atoms with van der Waals surface area (Å²) in [5, 5.41) is 0.720. The molecule has 5 heteroatoms. The van der Waals surface area contributed by atoms with Crippen molar-refractivity contribution in [3.63, 3.8) is 0 Å². The molecule has 0 radical (unpaired) electrons. The minimum atomic E-state index is -0.821. The summed E-state index contributed by atoms with van der Waals surface area (Å²) >= 11 is 5.88. The maximum absolute atomic E-state index is 12.3. The second kappa shape index (κ2) is 5.82. The van der Waals surface area contributed by atoms with Gasteiger partial charge in [-0.15, -0.1) is 0 Å². The molecule has 4 nitrogen and oxygen atoms in total. The molecule has 0 aliphatic carbocycles. The summed E-state index contributed by atoms with van der Waals surface area (Å²) in [7, 11) is 0. The highest BCUT2D eigenvalue weighted by atomic mass is 35.5. The lowest BCUT2D eigenvalue weighted by atomic mass is 9.87. The van der Waals surface area contributed by atoms with Crippen LogP contribution in [-0.4, -0.2) is 28.9 Å². The van der Waals surface area contributed by atoms with E-state index in [2.05, 4.69) is 4.90 Å². The first-order valence-electron chi connectivity index (χ1n) is 6.86. The average Bonchev–Trinajstić information content (AvgIpc) is 2.72. The number of hydrogen-bond donors (Lipinski definition) is 2. The molecule has 1 aromatic rings. The molecule has 4 N–H and O–H groups in total. The van der Waals surface area contributed by atoms with Crippen LogP contribution in [0.2, 0.25) is 5.02 Å². The van der Waals surface area contributed by atoms with Gasteiger partial charge in [0, 0.05) is 24.0 Å². The van der Waals surface area contributed by atoms with Crippen molar-refractivity contribution >= 4 is 17.4 Å². The Morgan fingerprint density at radius 1 is 1.40 bits per heavy atom. The third-order valence-corrected chi connectivity index (χ3v) is 4.08. The number of nitrogens with two attached hydrogens (primary N) is 2. The summed E-state index contributed by atoms with van der Waals surface area (Å²) < 4.78 is 0. The third kappa shape index (κ3) is 3.38. The highest BCUT2D eigenvalue weighted by Gasteiger charge is 2.40. The number of carbonyl (C=O) groups is 1. The number of likely N-dealkylation sites (tertiary alicyclic amines) is 1. The van der Waals surface area contributed by atoms with E-state index in [1.165, 1.54) is 0 Å². The maximum Gasteiger partial charge on any atom is 0.158 e. The van der Waals surface area contributed by atoms with E-state index in [1.54, 1.807) is 13.8 Å². The predicted octanol–water partition coefficient (Wildman–Crippen LogP) is 1.75. The van der Waals surface area contributed by atoms with Gasteiger partial charge >= 0.3 is 0 Å². The van der Waals surface area contributed by atoms with Crippen LogP contribution in [0.4, 0.5) is 0 Å². The Labute approximate surface area is 125 Å². The highest BCUT2D eigenvalue weighted by molar-refractivity contribution is 6.30. The fourth-order valence-electron chi connectivity index (χ4n) is 2.65. The van der Waals surface area contributed by atoms with Crippen molar-refractivity contribution in [3.05, 3.63) is 34.9 Å². The molecule has 1 fully saturated rings. The van der Waals surface area contributed by atoms with Crippen molar-refractivity contribution in [1.82, 2.24) is 4.90 Å². The zero-order valence-electron chi connectivity index (χ0n) is 12.0. The van der Waals surface area contributed by atoms with Gasteiger partial charge in [-0.1, -0.05) is 23.7 Å². The van der Waals surface area contributed by atoms with Crippen LogP contribution in [0, 0.1) is 5.92 Å². The first kappa shape index (κ1) is 15.4. The lowest BCUT2D eigenvalue weighted by molar-refractivity contribution is -0.127. The molecule has 2 rings (SSSR count). The van der Waals surface area contributed by atoms with Gasteiger partial charge in [0.1, 0.15) is 0 Å². The van der Waals surface area contributed by atoms with Crippen LogP contribution in [0.1, 0.15) is 25.8 Å². The number of nitrogens with zero attached hydrogens (tertiary/aromatic N) is 1. The molecule has 1 saturated heterocycles. The Balaban J connectivity index is 2.02. The van der Waals surface area contributed by atoms with Gasteiger partial charge in [-0.3, -0.25) is 9.69 Å². The smallest absolute Gasteiger partial charge is 0.158 e. The summed E-state index contributed by atoms with van der Waals surface area (Å²) in [6, 6.07) is 7.70. The van der Waals surface area contributed by atoms with Gasteiger partial charge in [0.2, 0.25) is 0 Å². The van der Waals surface area contributed by atoms with Gasteiger partial charge in [-0.05, 0) is 38.0 Å². The maximum atomic E-state index is 12.3. The van der Waals surface area contributed by atoms with Gasteiger partial charge in [0.05, 0.1) is 11.7 Å². The van der Waals surface area contributed by atoms with E-state index in [1.807, 2.05) is 24.3 Å². The van der Waals surface area contributed by atoms with Crippen molar-refractivity contribution < 1.29 is 4.79 Å². The normalized spacial score (nSPS) is 24.1. The number of benzene rings is 1. The summed E-state index contributed by atoms with van der Waals surface area (Å²) in [4.78, 5) is 14.4. The standard InChI is InChI=1S/C15H22ClN3O/c1-15(2,18)13(20)12-7-8-19(14(12)17)9-10-3-5-11(16)6-4-10/h3-6,12,14H,7-9,17-18H2,1-2H3/t12?,14-/m1/s1. The van der Waals surface area contributed by atoms with Crippen molar-refractivity contribution in [1.29, 1.82) is 0 Å². The highest BCUT2D eigenvalue weighted by Crippen LogP contribution is 2.26. The number of ketones is 1. The molecule has 0 aromatic heterocycles. The Morgan fingerprint density at radius 3 is 2.55 bits per heavy atom. The lowest BCUT2D eigenvalue weighted by Gasteiger charge is -2.27. The van der Waals surface area contributed by atoms with Crippen molar-refractivity contribution in [3.8, 4) is 0 Å². The van der Waals surface area contributed by atoms with Crippen molar-refractivity contribution in [2.24, 2.45) is 17.4 Å². The van der Waals surface area contributed by atoms with Gasteiger partial charge in [-0.2, -0.15) is 0 Å². The summed E-state index contributed by atoms with van der Waals surface area (Å²) in [5.74, 6) is -0.133. The topological polar surface area (TPSA) is 72.4 Å². The third-order valence-electron chi connectivity index (χ3n) is 3.83. The molecule has 1 aromatic carbocycles. The van der Waals surface area contributed by atoms with E-state index in [9.17, 15) is 4.79 Å². The fourth-order valence-corrected chi connectivity index (χ4v) is 2.78. The lowest BCUT2D eigenvalue weighted by Crippen LogP contribution is -2.51. The van der Waals surface area contributed by atoms with Gasteiger partial charge in [0.25, 0.3) is 0 Å². The molecule has 110 valence electrons. The van der Waals surface area contributed by atoms with E-state index in [0.29, 0.717) is 0 Å². The zero-order valence-corrected chi connectivity index (χ0v) is 12.7. The van der Waals surface area contributed by atoms with E-state index in [4.69, 9.17) is 23.1 Å². The molecule has 1 heterocycles. The Kier molecular flexibility index (Phi) is 4.49. The van der Waals surface area contributed by atoms with Crippen LogP contribution in [0.5, 0.6) is 0 Å². The van der Waals surface area contributed by atoms with Crippen molar-refractivity contribution in [2.45, 2.75) is 38.5 Å². The minimum absolute atomic E-state index is 0.0450. The van der Waals surface area contributed by atoms with Gasteiger partial charge in [-0.25, -0.2) is 0 Å². The first-order valence-corrected chi connectivity index (χ1v) is 7.24. The SMILES string of the molecule is CC(C)(N)C(=O)C1CCN(Cc2ccc(Cl)cc2)[C@H]1N. The summed E-state index contributed by atoms with van der Waals surface area (Å²) in [6.07, 6.45) is 0.509. The van der Waals surface area contributed by atoms with Crippen molar-refractivity contribution in [2.75, 3.05) is 6.54 Å². The van der Waals surface area contributed by atoms with E-state index in [0.717, 1.165) is 30.1 Å². The zero-order chi connectivity index (χ0) is 14.9. The minimum Gasteiger partial charge on any atom is -0.319 e. The molecule has 1 aliphatic heterocycles. The summed E-state index contributed by atoms with van der Waals surface area (Å²) in [6.45, 7) is 5.03.